The van der Waals surface area contributed by atoms with Gasteiger partial charge in [0.25, 0.3) is 5.91 Å². The number of hydroxylamine groups is 2. The largest absolute Gasteiger partial charge is 0.466 e. The van der Waals surface area contributed by atoms with Gasteiger partial charge >= 0.3 is 5.97 Å². The van der Waals surface area contributed by atoms with Crippen LogP contribution < -0.4 is 5.32 Å². The number of ether oxygens (including phenoxy) is 1. The second kappa shape index (κ2) is 6.24. The summed E-state index contributed by atoms with van der Waals surface area (Å²) < 4.78 is 4.69. The Morgan fingerprint density at radius 3 is 2.59 bits per heavy atom. The number of esters is 1. The van der Waals surface area contributed by atoms with Crippen LogP contribution >= 0.6 is 0 Å². The molecule has 0 atom stereocenters. The Bertz CT molecular complexity index is 330. The van der Waals surface area contributed by atoms with Crippen molar-refractivity contribution in [1.82, 2.24) is 10.4 Å². The van der Waals surface area contributed by atoms with Crippen molar-refractivity contribution in [2.75, 3.05) is 27.8 Å². The van der Waals surface area contributed by atoms with Crippen LogP contribution in [0.15, 0.2) is 11.3 Å². The summed E-state index contributed by atoms with van der Waals surface area (Å²) in [7, 11) is 4.21. The molecule has 6 heteroatoms. The van der Waals surface area contributed by atoms with Gasteiger partial charge in [0.2, 0.25) is 0 Å². The number of hydrogen-bond donors (Lipinski definition) is 1. The number of nitrogens with zero attached hydrogens (tertiary/aromatic N) is 1. The summed E-state index contributed by atoms with van der Waals surface area (Å²) in [5.41, 5.74) is 1.19. The number of carbonyl (C=O) groups excluding carboxylic acids is 2. The van der Waals surface area contributed by atoms with Gasteiger partial charge in [-0.15, -0.1) is 0 Å². The molecule has 1 saturated heterocycles. The lowest BCUT2D eigenvalue weighted by molar-refractivity contribution is -0.168. The molecule has 0 aromatic rings. The standard InChI is InChI=1S/C11H18N2O4/c1-13(17-3)10(14)7-8(11(15)16-2)9-5-4-6-12-9/h12H,4-7H2,1-3H3/b9-8-. The smallest absolute Gasteiger partial charge is 0.336 e. The quantitative estimate of drug-likeness (QED) is 0.433. The van der Waals surface area contributed by atoms with Gasteiger partial charge in [-0.3, -0.25) is 9.63 Å². The Hall–Kier alpha value is -1.56. The van der Waals surface area contributed by atoms with Crippen molar-refractivity contribution in [1.29, 1.82) is 0 Å². The average molecular weight is 242 g/mol. The van der Waals surface area contributed by atoms with Crippen LogP contribution in [-0.4, -0.2) is 44.8 Å². The lowest BCUT2D eigenvalue weighted by atomic mass is 10.1. The maximum absolute atomic E-state index is 11.7. The first-order chi connectivity index (χ1) is 8.10. The number of hydrogen-bond acceptors (Lipinski definition) is 5. The van der Waals surface area contributed by atoms with E-state index in [4.69, 9.17) is 9.57 Å². The van der Waals surface area contributed by atoms with Crippen LogP contribution in [0, 0.1) is 0 Å². The molecule has 1 N–H and O–H groups in total. The molecule has 6 nitrogen and oxygen atoms in total. The summed E-state index contributed by atoms with van der Waals surface area (Å²) in [4.78, 5) is 28.1. The third-order valence-electron chi connectivity index (χ3n) is 2.69. The van der Waals surface area contributed by atoms with E-state index in [0.29, 0.717) is 5.57 Å². The van der Waals surface area contributed by atoms with Gasteiger partial charge in [-0.1, -0.05) is 0 Å². The van der Waals surface area contributed by atoms with E-state index in [2.05, 4.69) is 5.32 Å². The van der Waals surface area contributed by atoms with E-state index >= 15 is 0 Å². The lowest BCUT2D eigenvalue weighted by Gasteiger charge is -2.15. The van der Waals surface area contributed by atoms with Crippen molar-refractivity contribution in [3.8, 4) is 0 Å². The van der Waals surface area contributed by atoms with Gasteiger partial charge in [0, 0.05) is 19.3 Å². The minimum Gasteiger partial charge on any atom is -0.466 e. The molecule has 0 unspecified atom stereocenters. The van der Waals surface area contributed by atoms with Gasteiger partial charge in [-0.2, -0.15) is 0 Å². The third kappa shape index (κ3) is 3.45. The molecule has 0 aromatic carbocycles. The number of nitrogens with one attached hydrogen (secondary N) is 1. The van der Waals surface area contributed by atoms with Crippen LogP contribution in [0.5, 0.6) is 0 Å². The summed E-state index contributed by atoms with van der Waals surface area (Å²) in [6.07, 6.45) is 1.72. The Labute approximate surface area is 101 Å². The van der Waals surface area contributed by atoms with Gasteiger partial charge < -0.3 is 10.1 Å². The number of methoxy groups -OCH3 is 1. The molecule has 17 heavy (non-hydrogen) atoms. The number of carbonyl (C=O) groups is 2. The molecule has 0 radical (unpaired) electrons. The van der Waals surface area contributed by atoms with E-state index in [1.54, 1.807) is 0 Å². The first-order valence-electron chi connectivity index (χ1n) is 5.45. The normalized spacial score (nSPS) is 17.4. The number of amides is 1. The van der Waals surface area contributed by atoms with Crippen LogP contribution in [0.3, 0.4) is 0 Å². The molecule has 96 valence electrons. The van der Waals surface area contributed by atoms with Crippen molar-refractivity contribution in [3.63, 3.8) is 0 Å². The zero-order valence-corrected chi connectivity index (χ0v) is 10.4. The van der Waals surface area contributed by atoms with Gasteiger partial charge in [-0.05, 0) is 12.8 Å². The van der Waals surface area contributed by atoms with Crippen molar-refractivity contribution in [3.05, 3.63) is 11.3 Å². The second-order valence-corrected chi connectivity index (χ2v) is 3.73. The zero-order valence-electron chi connectivity index (χ0n) is 10.4. The molecular weight excluding hydrogens is 224 g/mol. The van der Waals surface area contributed by atoms with Crippen molar-refractivity contribution in [2.24, 2.45) is 0 Å². The molecule has 1 aliphatic heterocycles. The van der Waals surface area contributed by atoms with Crippen LogP contribution in [-0.2, 0) is 19.2 Å². The monoisotopic (exact) mass is 242 g/mol. The summed E-state index contributed by atoms with van der Waals surface area (Å²) in [5.74, 6) is -0.749. The number of allylic oxidation sites excluding steroid dienone is 1. The molecule has 1 heterocycles. The maximum atomic E-state index is 11.7. The van der Waals surface area contributed by atoms with E-state index < -0.39 is 5.97 Å². The highest BCUT2D eigenvalue weighted by Gasteiger charge is 2.23. The van der Waals surface area contributed by atoms with Gasteiger partial charge in [0.05, 0.1) is 26.2 Å². The molecule has 1 amide bonds. The topological polar surface area (TPSA) is 67.9 Å². The Morgan fingerprint density at radius 1 is 1.41 bits per heavy atom. The van der Waals surface area contributed by atoms with Crippen molar-refractivity contribution >= 4 is 11.9 Å². The SMILES string of the molecule is COC(=O)/C(CC(=O)N(C)OC)=C1/CCCN1. The van der Waals surface area contributed by atoms with Crippen LogP contribution in [0.25, 0.3) is 0 Å². The van der Waals surface area contributed by atoms with Crippen molar-refractivity contribution in [2.45, 2.75) is 19.3 Å². The molecule has 0 aromatic heterocycles. The highest BCUT2D eigenvalue weighted by atomic mass is 16.7. The predicted molar refractivity (Wildman–Crippen MR) is 60.7 cm³/mol. The molecule has 1 aliphatic rings. The van der Waals surface area contributed by atoms with Crippen LogP contribution in [0.2, 0.25) is 0 Å². The fourth-order valence-corrected chi connectivity index (χ4v) is 1.64. The number of rotatable bonds is 4. The lowest BCUT2D eigenvalue weighted by Crippen LogP contribution is -2.28. The molecular formula is C11H18N2O4. The minimum absolute atomic E-state index is 0.0145. The fraction of sp³-hybridized carbons (Fsp3) is 0.636. The maximum Gasteiger partial charge on any atom is 0.336 e. The van der Waals surface area contributed by atoms with Crippen LogP contribution in [0.4, 0.5) is 0 Å². The summed E-state index contributed by atoms with van der Waals surface area (Å²) in [6, 6.07) is 0. The zero-order chi connectivity index (χ0) is 12.8. The third-order valence-corrected chi connectivity index (χ3v) is 2.69. The fourth-order valence-electron chi connectivity index (χ4n) is 1.64. The Kier molecular flexibility index (Phi) is 4.96. The Balaban J connectivity index is 2.82. The average Bonchev–Trinajstić information content (AvgIpc) is 2.87. The van der Waals surface area contributed by atoms with Crippen LogP contribution in [0.1, 0.15) is 19.3 Å². The summed E-state index contributed by atoms with van der Waals surface area (Å²) in [6.45, 7) is 0.824. The molecule has 1 fully saturated rings. The van der Waals surface area contributed by atoms with E-state index in [9.17, 15) is 9.59 Å². The van der Waals surface area contributed by atoms with Crippen molar-refractivity contribution < 1.29 is 19.2 Å². The molecule has 0 aliphatic carbocycles. The summed E-state index contributed by atoms with van der Waals surface area (Å²) >= 11 is 0. The molecule has 0 spiro atoms. The molecule has 0 bridgehead atoms. The first-order valence-corrected chi connectivity index (χ1v) is 5.45. The minimum atomic E-state index is -0.466. The summed E-state index contributed by atoms with van der Waals surface area (Å²) in [5, 5.41) is 4.20. The van der Waals surface area contributed by atoms with E-state index in [0.717, 1.165) is 30.1 Å². The predicted octanol–water partition coefficient (Wildman–Crippen LogP) is 0.207. The second-order valence-electron chi connectivity index (χ2n) is 3.73. The molecule has 1 rings (SSSR count). The van der Waals surface area contributed by atoms with Gasteiger partial charge in [0.1, 0.15) is 0 Å². The highest BCUT2D eigenvalue weighted by molar-refractivity contribution is 5.95. The van der Waals surface area contributed by atoms with E-state index in [1.807, 2.05) is 0 Å². The van der Waals surface area contributed by atoms with Gasteiger partial charge in [-0.25, -0.2) is 9.86 Å². The highest BCUT2D eigenvalue weighted by Crippen LogP contribution is 2.18. The van der Waals surface area contributed by atoms with E-state index in [-0.39, 0.29) is 12.3 Å². The van der Waals surface area contributed by atoms with Gasteiger partial charge in [0.15, 0.2) is 0 Å². The Morgan fingerprint density at radius 2 is 2.12 bits per heavy atom. The molecule has 0 saturated carbocycles. The first kappa shape index (κ1) is 13.5. The van der Waals surface area contributed by atoms with E-state index in [1.165, 1.54) is 21.3 Å².